The number of nitrogens with zero attached hydrogens (tertiary/aromatic N) is 2. The molecule has 3 N–H and O–H groups in total. The van der Waals surface area contributed by atoms with E-state index in [9.17, 15) is 9.59 Å². The zero-order valence-electron chi connectivity index (χ0n) is 18.5. The Morgan fingerprint density at radius 1 is 1.27 bits per heavy atom. The summed E-state index contributed by atoms with van der Waals surface area (Å²) in [5.74, 6) is 0.699. The van der Waals surface area contributed by atoms with E-state index < -0.39 is 11.3 Å². The Morgan fingerprint density at radius 3 is 2.76 bits per heavy atom. The van der Waals surface area contributed by atoms with E-state index in [4.69, 9.17) is 4.74 Å². The van der Waals surface area contributed by atoms with Gasteiger partial charge in [-0.25, -0.2) is 9.78 Å². The van der Waals surface area contributed by atoms with Crippen LogP contribution < -0.4 is 25.6 Å². The second-order valence-corrected chi connectivity index (χ2v) is 9.69. The summed E-state index contributed by atoms with van der Waals surface area (Å²) >= 11 is 1.42. The first-order valence-electron chi connectivity index (χ1n) is 11.1. The van der Waals surface area contributed by atoms with Crippen LogP contribution in [0.4, 0.5) is 16.2 Å². The van der Waals surface area contributed by atoms with Gasteiger partial charge in [-0.15, -0.1) is 12.4 Å². The molecule has 1 fully saturated rings. The number of piperidine rings is 1. The Hall–Kier alpha value is -2.49. The van der Waals surface area contributed by atoms with E-state index in [1.807, 2.05) is 44.2 Å². The van der Waals surface area contributed by atoms with E-state index in [-0.39, 0.29) is 36.5 Å². The van der Waals surface area contributed by atoms with Crippen molar-refractivity contribution in [3.05, 3.63) is 42.1 Å². The van der Waals surface area contributed by atoms with Crippen molar-refractivity contribution < 1.29 is 14.3 Å². The van der Waals surface area contributed by atoms with Crippen LogP contribution in [0.5, 0.6) is 5.75 Å². The maximum atomic E-state index is 13.2. The fraction of sp³-hybridized carbons (Fsp3) is 0.435. The van der Waals surface area contributed by atoms with Crippen molar-refractivity contribution in [1.82, 2.24) is 20.9 Å². The van der Waals surface area contributed by atoms with Crippen LogP contribution in [-0.4, -0.2) is 47.4 Å². The van der Waals surface area contributed by atoms with Gasteiger partial charge < -0.3 is 20.7 Å². The molecule has 2 unspecified atom stereocenters. The van der Waals surface area contributed by atoms with Gasteiger partial charge in [-0.2, -0.15) is 0 Å². The number of halogens is 1. The number of carbonyl (C=O) groups excluding carboxylic acids is 2. The number of rotatable bonds is 5. The Balaban J connectivity index is 0.00000259. The van der Waals surface area contributed by atoms with Crippen LogP contribution in [-0.2, 0) is 4.79 Å². The van der Waals surface area contributed by atoms with E-state index in [1.165, 1.54) is 11.8 Å². The van der Waals surface area contributed by atoms with Gasteiger partial charge in [0.2, 0.25) is 5.91 Å². The number of pyridine rings is 1. The van der Waals surface area contributed by atoms with Crippen molar-refractivity contribution in [3.8, 4) is 5.75 Å². The van der Waals surface area contributed by atoms with Crippen molar-refractivity contribution in [3.63, 3.8) is 0 Å². The number of hydrogen-bond donors (Lipinski definition) is 3. The lowest BCUT2D eigenvalue weighted by atomic mass is 9.99. The zero-order valence-corrected chi connectivity index (χ0v) is 20.2. The number of nitrogens with one attached hydrogen (secondary N) is 3. The van der Waals surface area contributed by atoms with Crippen LogP contribution in [0.1, 0.15) is 38.3 Å². The fourth-order valence-electron chi connectivity index (χ4n) is 4.49. The average Bonchev–Trinajstić information content (AvgIpc) is 3.15. The number of hydrogen-bond acceptors (Lipinski definition) is 6. The van der Waals surface area contributed by atoms with Crippen LogP contribution in [0.3, 0.4) is 0 Å². The molecule has 2 aromatic rings. The van der Waals surface area contributed by atoms with Crippen molar-refractivity contribution >= 4 is 47.5 Å². The van der Waals surface area contributed by atoms with E-state index >= 15 is 0 Å². The minimum atomic E-state index is -0.437. The summed E-state index contributed by atoms with van der Waals surface area (Å²) < 4.78 is 5.72. The topological polar surface area (TPSA) is 95.6 Å². The molecule has 3 amide bonds. The first-order valence-corrected chi connectivity index (χ1v) is 11.9. The van der Waals surface area contributed by atoms with Gasteiger partial charge >= 0.3 is 6.03 Å². The van der Waals surface area contributed by atoms with Crippen molar-refractivity contribution in [2.24, 2.45) is 0 Å². The normalized spacial score (nSPS) is 23.4. The number of thioether (sulfide) groups is 1. The highest BCUT2D eigenvalue weighted by Gasteiger charge is 2.46. The summed E-state index contributed by atoms with van der Waals surface area (Å²) in [7, 11) is 0. The van der Waals surface area contributed by atoms with Crippen molar-refractivity contribution in [2.45, 2.75) is 55.2 Å². The van der Waals surface area contributed by atoms with Gasteiger partial charge in [0.25, 0.3) is 0 Å². The third-order valence-electron chi connectivity index (χ3n) is 5.87. The van der Waals surface area contributed by atoms with Gasteiger partial charge in [-0.05, 0) is 63.6 Å². The van der Waals surface area contributed by atoms with E-state index in [0.717, 1.165) is 53.6 Å². The maximum absolute atomic E-state index is 13.2. The predicted molar refractivity (Wildman–Crippen MR) is 131 cm³/mol. The SMILES string of the molecule is CC(C)Oc1ccc(N2C(=O)NC3c4c2ccnc4S[C@H]3C(=O)NC2CCCNC2)cc1.Cl. The Morgan fingerprint density at radius 2 is 2.06 bits per heavy atom. The third-order valence-corrected chi connectivity index (χ3v) is 7.16. The molecule has 3 aliphatic rings. The minimum Gasteiger partial charge on any atom is -0.491 e. The lowest BCUT2D eigenvalue weighted by Gasteiger charge is -2.34. The molecule has 3 aliphatic heterocycles. The molecule has 1 aromatic heterocycles. The van der Waals surface area contributed by atoms with Crippen LogP contribution in [0.15, 0.2) is 41.6 Å². The molecule has 8 nitrogen and oxygen atoms in total. The molecule has 33 heavy (non-hydrogen) atoms. The number of amides is 3. The predicted octanol–water partition coefficient (Wildman–Crippen LogP) is 3.54. The Kier molecular flexibility index (Phi) is 7.02. The van der Waals surface area contributed by atoms with Crippen LogP contribution >= 0.6 is 24.2 Å². The van der Waals surface area contributed by atoms with E-state index in [2.05, 4.69) is 20.9 Å². The summed E-state index contributed by atoms with van der Waals surface area (Å²) in [6, 6.07) is 8.77. The number of anilines is 2. The molecule has 0 saturated carbocycles. The molecule has 10 heteroatoms. The smallest absolute Gasteiger partial charge is 0.327 e. The van der Waals surface area contributed by atoms with Crippen molar-refractivity contribution in [1.29, 1.82) is 0 Å². The van der Waals surface area contributed by atoms with Crippen LogP contribution in [0, 0.1) is 0 Å². The third kappa shape index (κ3) is 4.62. The molecule has 0 aliphatic carbocycles. The average molecular weight is 490 g/mol. The van der Waals surface area contributed by atoms with Gasteiger partial charge in [-0.1, -0.05) is 11.8 Å². The summed E-state index contributed by atoms with van der Waals surface area (Å²) in [4.78, 5) is 32.4. The second kappa shape index (κ2) is 9.79. The van der Waals surface area contributed by atoms with E-state index in [1.54, 1.807) is 11.1 Å². The van der Waals surface area contributed by atoms with Gasteiger partial charge in [0.05, 0.1) is 23.5 Å². The van der Waals surface area contributed by atoms with E-state index in [0.29, 0.717) is 0 Å². The van der Waals surface area contributed by atoms with Gasteiger partial charge in [-0.3, -0.25) is 9.69 Å². The van der Waals surface area contributed by atoms with Gasteiger partial charge in [0.1, 0.15) is 16.0 Å². The quantitative estimate of drug-likeness (QED) is 0.594. The summed E-state index contributed by atoms with van der Waals surface area (Å²) in [5.41, 5.74) is 2.40. The fourth-order valence-corrected chi connectivity index (χ4v) is 5.72. The molecule has 5 rings (SSSR count). The van der Waals surface area contributed by atoms with Crippen LogP contribution in [0.2, 0.25) is 0 Å². The molecule has 0 radical (unpaired) electrons. The Labute approximate surface area is 203 Å². The van der Waals surface area contributed by atoms with Gasteiger partial charge in [0, 0.05) is 24.3 Å². The summed E-state index contributed by atoms with van der Waals surface area (Å²) in [6.45, 7) is 5.71. The number of urea groups is 1. The largest absolute Gasteiger partial charge is 0.491 e. The lowest BCUT2D eigenvalue weighted by Crippen LogP contribution is -2.52. The summed E-state index contributed by atoms with van der Waals surface area (Å²) in [5, 5.41) is 9.88. The second-order valence-electron chi connectivity index (χ2n) is 8.56. The number of aromatic nitrogens is 1. The minimum absolute atomic E-state index is 0. The first-order chi connectivity index (χ1) is 15.5. The number of benzene rings is 1. The molecule has 0 spiro atoms. The molecule has 4 heterocycles. The molecule has 1 saturated heterocycles. The maximum Gasteiger partial charge on any atom is 0.327 e. The highest BCUT2D eigenvalue weighted by molar-refractivity contribution is 8.01. The van der Waals surface area contributed by atoms with Gasteiger partial charge in [0.15, 0.2) is 0 Å². The first kappa shape index (κ1) is 23.7. The number of ether oxygens (including phenoxy) is 1. The molecular weight excluding hydrogens is 462 g/mol. The molecule has 176 valence electrons. The molecule has 3 atom stereocenters. The molecule has 0 bridgehead atoms. The van der Waals surface area contributed by atoms with Crippen molar-refractivity contribution in [2.75, 3.05) is 18.0 Å². The van der Waals surface area contributed by atoms with Crippen LogP contribution in [0.25, 0.3) is 0 Å². The lowest BCUT2D eigenvalue weighted by molar-refractivity contribution is -0.121. The highest BCUT2D eigenvalue weighted by atomic mass is 35.5. The number of carbonyl (C=O) groups is 2. The monoisotopic (exact) mass is 489 g/mol. The Bertz CT molecular complexity index is 1030. The molecular formula is C23H28ClN5O3S. The zero-order chi connectivity index (χ0) is 22.2. The standard InChI is InChI=1S/C23H27N5O3S.ClH/c1-13(2)31-16-7-5-15(6-8-16)28-17-9-11-25-22-18(17)19(27-23(28)30)20(32-22)21(29)26-14-4-3-10-24-12-14;/h5-9,11,13-14,19-20,24H,3-4,10,12H2,1-2H3,(H,26,29)(H,27,30);1H/t14?,19?,20-;/m1./s1. The highest BCUT2D eigenvalue weighted by Crippen LogP contribution is 2.50. The molecule has 1 aromatic carbocycles. The summed E-state index contributed by atoms with van der Waals surface area (Å²) in [6.07, 6.45) is 3.79.